The quantitative estimate of drug-likeness (QED) is 0.379. The molecule has 0 N–H and O–H groups in total. The zero-order chi connectivity index (χ0) is 23.3. The monoisotopic (exact) mass is 477 g/mol. The van der Waals surface area contributed by atoms with E-state index >= 15 is 0 Å². The maximum Gasteiger partial charge on any atom is 0.260 e. The van der Waals surface area contributed by atoms with Gasteiger partial charge in [-0.3, -0.25) is 24.6 Å². The van der Waals surface area contributed by atoms with Crippen LogP contribution in [0.15, 0.2) is 48.8 Å². The normalized spacial score (nSPS) is 14.5. The van der Waals surface area contributed by atoms with Crippen LogP contribution in [0.1, 0.15) is 23.7 Å². The second kappa shape index (κ2) is 10.4. The minimum absolute atomic E-state index is 0.0912. The van der Waals surface area contributed by atoms with Crippen molar-refractivity contribution in [1.29, 1.82) is 0 Å². The van der Waals surface area contributed by atoms with Gasteiger partial charge < -0.3 is 9.47 Å². The van der Waals surface area contributed by atoms with Gasteiger partial charge in [-0.2, -0.15) is 0 Å². The molecule has 1 fully saturated rings. The summed E-state index contributed by atoms with van der Waals surface area (Å²) in [6.07, 6.45) is 4.13. The number of hydrogen-bond donors (Lipinski definition) is 0. The van der Waals surface area contributed by atoms with Gasteiger partial charge in [0.25, 0.3) is 5.91 Å². The lowest BCUT2D eigenvalue weighted by molar-refractivity contribution is 0.0376. The molecule has 34 heavy (non-hydrogen) atoms. The first-order valence-electron chi connectivity index (χ1n) is 11.6. The van der Waals surface area contributed by atoms with Crippen molar-refractivity contribution in [3.05, 3.63) is 54.4 Å². The summed E-state index contributed by atoms with van der Waals surface area (Å²) < 4.78 is 12.2. The van der Waals surface area contributed by atoms with Crippen LogP contribution in [0.4, 0.5) is 5.13 Å². The molecule has 0 bridgehead atoms. The molecular formula is C25H27N5O3S. The summed E-state index contributed by atoms with van der Waals surface area (Å²) in [7, 11) is 0. The summed E-state index contributed by atoms with van der Waals surface area (Å²) in [6.45, 7) is 7.37. The molecular weight excluding hydrogens is 450 g/mol. The highest BCUT2D eigenvalue weighted by atomic mass is 32.1. The number of fused-ring (bicyclic) bond motifs is 2. The van der Waals surface area contributed by atoms with E-state index in [1.165, 1.54) is 11.3 Å². The van der Waals surface area contributed by atoms with Gasteiger partial charge in [0.05, 0.1) is 35.6 Å². The van der Waals surface area contributed by atoms with E-state index in [1.54, 1.807) is 23.4 Å². The number of nitrogens with zero attached hydrogens (tertiary/aromatic N) is 5. The molecule has 9 heteroatoms. The Balaban J connectivity index is 1.45. The lowest BCUT2D eigenvalue weighted by Crippen LogP contribution is -2.39. The van der Waals surface area contributed by atoms with E-state index in [1.807, 2.05) is 37.3 Å². The number of aromatic nitrogens is 3. The number of para-hydroxylation sites is 1. The van der Waals surface area contributed by atoms with Crippen LogP contribution in [-0.2, 0) is 4.74 Å². The molecule has 1 aliphatic heterocycles. The molecule has 0 radical (unpaired) electrons. The van der Waals surface area contributed by atoms with Crippen LogP contribution in [0.3, 0.4) is 0 Å². The molecule has 0 aliphatic carbocycles. The van der Waals surface area contributed by atoms with Crippen LogP contribution in [-0.4, -0.2) is 71.8 Å². The van der Waals surface area contributed by atoms with E-state index < -0.39 is 0 Å². The standard InChI is InChI=1S/C25H27N5O3S/c1-2-33-21-5-3-6-22-23(21)28-25(34-22)30(12-4-11-29-13-15-32-16-14-29)24(31)18-7-8-19-20(17-18)27-10-9-26-19/h3,5-10,17H,2,4,11-16H2,1H3. The lowest BCUT2D eigenvalue weighted by atomic mass is 10.1. The number of morpholine rings is 1. The van der Waals surface area contributed by atoms with Gasteiger partial charge in [0.15, 0.2) is 5.13 Å². The van der Waals surface area contributed by atoms with Crippen LogP contribution in [0, 0.1) is 0 Å². The van der Waals surface area contributed by atoms with E-state index in [0.29, 0.717) is 29.4 Å². The van der Waals surface area contributed by atoms with Crippen LogP contribution in [0.25, 0.3) is 21.3 Å². The van der Waals surface area contributed by atoms with Gasteiger partial charge >= 0.3 is 0 Å². The molecule has 176 valence electrons. The minimum atomic E-state index is -0.0912. The third kappa shape index (κ3) is 4.86. The third-order valence-electron chi connectivity index (χ3n) is 5.82. The van der Waals surface area contributed by atoms with Gasteiger partial charge in [0.2, 0.25) is 0 Å². The second-order valence-electron chi connectivity index (χ2n) is 8.06. The van der Waals surface area contributed by atoms with Gasteiger partial charge in [-0.15, -0.1) is 0 Å². The summed E-state index contributed by atoms with van der Waals surface area (Å²) in [5, 5.41) is 0.674. The summed E-state index contributed by atoms with van der Waals surface area (Å²) in [6, 6.07) is 11.4. The van der Waals surface area contributed by atoms with Crippen molar-refractivity contribution in [1.82, 2.24) is 19.9 Å². The average Bonchev–Trinajstić information content (AvgIpc) is 3.32. The predicted molar refractivity (Wildman–Crippen MR) is 134 cm³/mol. The Labute approximate surface area is 202 Å². The van der Waals surface area contributed by atoms with E-state index in [0.717, 1.165) is 60.8 Å². The highest BCUT2D eigenvalue weighted by molar-refractivity contribution is 7.22. The molecule has 3 heterocycles. The van der Waals surface area contributed by atoms with Gasteiger partial charge in [-0.1, -0.05) is 17.4 Å². The van der Waals surface area contributed by atoms with E-state index in [-0.39, 0.29) is 5.91 Å². The summed E-state index contributed by atoms with van der Waals surface area (Å²) in [5.74, 6) is 0.649. The maximum atomic E-state index is 13.7. The molecule has 4 aromatic rings. The fourth-order valence-electron chi connectivity index (χ4n) is 4.11. The highest BCUT2D eigenvalue weighted by Gasteiger charge is 2.23. The molecule has 5 rings (SSSR count). The zero-order valence-electron chi connectivity index (χ0n) is 19.1. The van der Waals surface area contributed by atoms with E-state index in [4.69, 9.17) is 14.5 Å². The van der Waals surface area contributed by atoms with Gasteiger partial charge in [-0.25, -0.2) is 4.98 Å². The number of hydrogen-bond acceptors (Lipinski definition) is 8. The Morgan fingerprint density at radius 2 is 1.97 bits per heavy atom. The number of carbonyl (C=O) groups excluding carboxylic acids is 1. The topological polar surface area (TPSA) is 80.7 Å². The number of thiazole rings is 1. The van der Waals surface area contributed by atoms with E-state index in [2.05, 4.69) is 14.9 Å². The Hall–Kier alpha value is -3.14. The molecule has 0 atom stereocenters. The second-order valence-corrected chi connectivity index (χ2v) is 9.07. The van der Waals surface area contributed by atoms with Crippen molar-refractivity contribution in [2.75, 3.05) is 50.9 Å². The molecule has 0 saturated carbocycles. The maximum absolute atomic E-state index is 13.7. The Bertz CT molecular complexity index is 1290. The van der Waals surface area contributed by atoms with Gasteiger partial charge in [-0.05, 0) is 43.7 Å². The molecule has 1 amide bonds. The van der Waals surface area contributed by atoms with Crippen molar-refractivity contribution in [2.24, 2.45) is 0 Å². The van der Waals surface area contributed by atoms with Crippen molar-refractivity contribution in [3.63, 3.8) is 0 Å². The first-order chi connectivity index (χ1) is 16.7. The minimum Gasteiger partial charge on any atom is -0.492 e. The lowest BCUT2D eigenvalue weighted by Gasteiger charge is -2.27. The molecule has 0 unspecified atom stereocenters. The van der Waals surface area contributed by atoms with Crippen LogP contribution in [0.5, 0.6) is 5.75 Å². The summed E-state index contributed by atoms with van der Waals surface area (Å²) in [4.78, 5) is 31.4. The van der Waals surface area contributed by atoms with E-state index in [9.17, 15) is 4.79 Å². The Kier molecular flexibility index (Phi) is 6.94. The number of carbonyl (C=O) groups is 1. The molecule has 1 aliphatic rings. The number of anilines is 1. The summed E-state index contributed by atoms with van der Waals surface area (Å²) in [5.41, 5.74) is 2.83. The van der Waals surface area contributed by atoms with Crippen LogP contribution in [0.2, 0.25) is 0 Å². The summed E-state index contributed by atoms with van der Waals surface area (Å²) >= 11 is 1.51. The molecule has 1 saturated heterocycles. The molecule has 2 aromatic heterocycles. The van der Waals surface area contributed by atoms with Crippen molar-refractivity contribution < 1.29 is 14.3 Å². The van der Waals surface area contributed by atoms with Crippen molar-refractivity contribution >= 4 is 43.6 Å². The first-order valence-corrected chi connectivity index (χ1v) is 12.4. The zero-order valence-corrected chi connectivity index (χ0v) is 20.0. The van der Waals surface area contributed by atoms with Gasteiger partial charge in [0.1, 0.15) is 11.3 Å². The number of amides is 1. The predicted octanol–water partition coefficient (Wildman–Crippen LogP) is 4.01. The first kappa shape index (κ1) is 22.6. The Morgan fingerprint density at radius 1 is 1.15 bits per heavy atom. The third-order valence-corrected chi connectivity index (χ3v) is 6.87. The SMILES string of the molecule is CCOc1cccc2sc(N(CCCN3CCOCC3)C(=O)c3ccc4nccnc4c3)nc12. The fraction of sp³-hybridized carbons (Fsp3) is 0.360. The molecule has 2 aromatic carbocycles. The molecule has 0 spiro atoms. The molecule has 8 nitrogen and oxygen atoms in total. The largest absolute Gasteiger partial charge is 0.492 e. The smallest absolute Gasteiger partial charge is 0.260 e. The van der Waals surface area contributed by atoms with Crippen molar-refractivity contribution in [2.45, 2.75) is 13.3 Å². The van der Waals surface area contributed by atoms with Crippen LogP contribution < -0.4 is 9.64 Å². The fourth-order valence-corrected chi connectivity index (χ4v) is 5.12. The highest BCUT2D eigenvalue weighted by Crippen LogP contribution is 2.35. The van der Waals surface area contributed by atoms with Crippen LogP contribution >= 0.6 is 11.3 Å². The average molecular weight is 478 g/mol. The Morgan fingerprint density at radius 3 is 2.79 bits per heavy atom. The van der Waals surface area contributed by atoms with Crippen molar-refractivity contribution in [3.8, 4) is 5.75 Å². The number of ether oxygens (including phenoxy) is 2. The number of benzene rings is 2. The van der Waals surface area contributed by atoms with Gasteiger partial charge in [0, 0.05) is 44.1 Å². The number of rotatable bonds is 8.